The number of ether oxygens (including phenoxy) is 1. The number of piperidine rings is 1. The molecule has 1 aliphatic rings. The van der Waals surface area contributed by atoms with Gasteiger partial charge < -0.3 is 15.0 Å². The van der Waals surface area contributed by atoms with Crippen LogP contribution < -0.4 is 5.32 Å². The Hall–Kier alpha value is -1.05. The van der Waals surface area contributed by atoms with Crippen molar-refractivity contribution in [3.8, 4) is 0 Å². The average molecular weight is 284 g/mol. The number of methoxy groups -OCH3 is 1. The lowest BCUT2D eigenvalue weighted by Crippen LogP contribution is -2.45. The van der Waals surface area contributed by atoms with Crippen molar-refractivity contribution < 1.29 is 9.53 Å². The summed E-state index contributed by atoms with van der Waals surface area (Å²) in [6.45, 7) is 5.56. The van der Waals surface area contributed by atoms with Crippen LogP contribution in [-0.2, 0) is 4.74 Å². The first kappa shape index (κ1) is 14.4. The Balaban J connectivity index is 1.77. The zero-order valence-corrected chi connectivity index (χ0v) is 12.2. The van der Waals surface area contributed by atoms with Crippen LogP contribution in [0.5, 0.6) is 0 Å². The molecule has 2 rings (SSSR count). The SMILES string of the molecule is COCCN1CCC(NC(=O)c2snnc2C)CC1. The van der Waals surface area contributed by atoms with E-state index in [0.29, 0.717) is 10.6 Å². The van der Waals surface area contributed by atoms with Crippen molar-refractivity contribution >= 4 is 17.4 Å². The summed E-state index contributed by atoms with van der Waals surface area (Å²) in [4.78, 5) is 15.0. The number of amides is 1. The normalized spacial score (nSPS) is 17.6. The third-order valence-electron chi connectivity index (χ3n) is 3.39. The maximum absolute atomic E-state index is 12.0. The van der Waals surface area contributed by atoms with Crippen LogP contribution in [0.2, 0.25) is 0 Å². The van der Waals surface area contributed by atoms with Crippen LogP contribution in [0.3, 0.4) is 0 Å². The smallest absolute Gasteiger partial charge is 0.265 e. The first-order valence-electron chi connectivity index (χ1n) is 6.52. The fraction of sp³-hybridized carbons (Fsp3) is 0.750. The highest BCUT2D eigenvalue weighted by Crippen LogP contribution is 2.13. The van der Waals surface area contributed by atoms with Crippen molar-refractivity contribution in [2.45, 2.75) is 25.8 Å². The van der Waals surface area contributed by atoms with Gasteiger partial charge in [-0.3, -0.25) is 4.79 Å². The molecule has 7 heteroatoms. The predicted octanol–water partition coefficient (Wildman–Crippen LogP) is 0.687. The molecule has 19 heavy (non-hydrogen) atoms. The Morgan fingerprint density at radius 3 is 2.84 bits per heavy atom. The molecule has 0 spiro atoms. The largest absolute Gasteiger partial charge is 0.383 e. The minimum Gasteiger partial charge on any atom is -0.383 e. The zero-order chi connectivity index (χ0) is 13.7. The molecule has 1 saturated heterocycles. The molecule has 0 unspecified atom stereocenters. The zero-order valence-electron chi connectivity index (χ0n) is 11.4. The maximum Gasteiger partial charge on any atom is 0.265 e. The van der Waals surface area contributed by atoms with Crippen LogP contribution in [0.15, 0.2) is 0 Å². The third-order valence-corrected chi connectivity index (χ3v) is 4.22. The van der Waals surface area contributed by atoms with E-state index in [1.165, 1.54) is 0 Å². The van der Waals surface area contributed by atoms with E-state index in [9.17, 15) is 4.79 Å². The van der Waals surface area contributed by atoms with Crippen molar-refractivity contribution in [3.05, 3.63) is 10.6 Å². The Kier molecular flexibility index (Phi) is 5.24. The summed E-state index contributed by atoms with van der Waals surface area (Å²) in [6, 6.07) is 0.257. The van der Waals surface area contributed by atoms with Gasteiger partial charge in [0.15, 0.2) is 0 Å². The predicted molar refractivity (Wildman–Crippen MR) is 73.5 cm³/mol. The maximum atomic E-state index is 12.0. The molecule has 1 aromatic heterocycles. The van der Waals surface area contributed by atoms with Crippen LogP contribution in [0, 0.1) is 6.92 Å². The number of hydrogen-bond donors (Lipinski definition) is 1. The van der Waals surface area contributed by atoms with E-state index in [-0.39, 0.29) is 11.9 Å². The van der Waals surface area contributed by atoms with E-state index in [1.807, 2.05) is 6.92 Å². The molecule has 1 aliphatic heterocycles. The molecule has 0 bridgehead atoms. The number of likely N-dealkylation sites (tertiary alicyclic amines) is 1. The average Bonchev–Trinajstić information content (AvgIpc) is 2.84. The van der Waals surface area contributed by atoms with Gasteiger partial charge >= 0.3 is 0 Å². The lowest BCUT2D eigenvalue weighted by atomic mass is 10.0. The highest BCUT2D eigenvalue weighted by atomic mass is 32.1. The molecule has 0 atom stereocenters. The highest BCUT2D eigenvalue weighted by molar-refractivity contribution is 7.08. The van der Waals surface area contributed by atoms with Crippen LogP contribution in [0.1, 0.15) is 28.2 Å². The Bertz CT molecular complexity index is 416. The van der Waals surface area contributed by atoms with Gasteiger partial charge in [0.1, 0.15) is 4.88 Å². The van der Waals surface area contributed by atoms with Crippen molar-refractivity contribution in [1.82, 2.24) is 19.8 Å². The molecular formula is C12H20N4O2S. The van der Waals surface area contributed by atoms with Gasteiger partial charge in [-0.15, -0.1) is 5.10 Å². The summed E-state index contributed by atoms with van der Waals surface area (Å²) in [5.41, 5.74) is 0.708. The molecule has 1 N–H and O–H groups in total. The van der Waals surface area contributed by atoms with Gasteiger partial charge in [0, 0.05) is 32.8 Å². The van der Waals surface area contributed by atoms with Gasteiger partial charge in [-0.2, -0.15) is 0 Å². The monoisotopic (exact) mass is 284 g/mol. The quantitative estimate of drug-likeness (QED) is 0.861. The number of carbonyl (C=O) groups excluding carboxylic acids is 1. The second kappa shape index (κ2) is 6.93. The van der Waals surface area contributed by atoms with E-state index in [1.54, 1.807) is 7.11 Å². The summed E-state index contributed by atoms with van der Waals surface area (Å²) in [7, 11) is 1.72. The van der Waals surface area contributed by atoms with Gasteiger partial charge in [0.05, 0.1) is 12.3 Å². The second-order valence-corrected chi connectivity index (χ2v) is 5.52. The topological polar surface area (TPSA) is 67.3 Å². The molecule has 0 aliphatic carbocycles. The number of rotatable bonds is 5. The van der Waals surface area contributed by atoms with Gasteiger partial charge in [0.2, 0.25) is 0 Å². The molecule has 1 fully saturated rings. The van der Waals surface area contributed by atoms with E-state index < -0.39 is 0 Å². The van der Waals surface area contributed by atoms with Crippen molar-refractivity contribution in [3.63, 3.8) is 0 Å². The molecule has 1 amide bonds. The van der Waals surface area contributed by atoms with Gasteiger partial charge in [-0.25, -0.2) is 0 Å². The van der Waals surface area contributed by atoms with E-state index >= 15 is 0 Å². The van der Waals surface area contributed by atoms with Crippen LogP contribution in [0.4, 0.5) is 0 Å². The summed E-state index contributed by atoms with van der Waals surface area (Å²) in [5, 5.41) is 6.93. The van der Waals surface area contributed by atoms with Crippen LogP contribution >= 0.6 is 11.5 Å². The molecule has 106 valence electrons. The van der Waals surface area contributed by atoms with Crippen LogP contribution in [0.25, 0.3) is 0 Å². The molecule has 6 nitrogen and oxygen atoms in total. The fourth-order valence-corrected chi connectivity index (χ4v) is 2.77. The Morgan fingerprint density at radius 1 is 1.53 bits per heavy atom. The minimum absolute atomic E-state index is 0.0390. The molecule has 0 radical (unpaired) electrons. The number of nitrogens with zero attached hydrogens (tertiary/aromatic N) is 3. The number of carbonyl (C=O) groups is 1. The van der Waals surface area contributed by atoms with Crippen molar-refractivity contribution in [2.75, 3.05) is 33.4 Å². The number of hydrogen-bond acceptors (Lipinski definition) is 6. The Morgan fingerprint density at radius 2 is 2.26 bits per heavy atom. The molecule has 2 heterocycles. The summed E-state index contributed by atoms with van der Waals surface area (Å²) < 4.78 is 8.86. The highest BCUT2D eigenvalue weighted by Gasteiger charge is 2.22. The summed E-state index contributed by atoms with van der Waals surface area (Å²) in [6.07, 6.45) is 1.97. The number of aryl methyl sites for hydroxylation is 1. The molecule has 0 saturated carbocycles. The van der Waals surface area contributed by atoms with Gasteiger partial charge in [-0.1, -0.05) is 4.49 Å². The first-order chi connectivity index (χ1) is 9.20. The van der Waals surface area contributed by atoms with E-state index in [0.717, 1.165) is 50.6 Å². The molecule has 0 aromatic carbocycles. The van der Waals surface area contributed by atoms with Gasteiger partial charge in [0.25, 0.3) is 5.91 Å². The van der Waals surface area contributed by atoms with Crippen molar-refractivity contribution in [1.29, 1.82) is 0 Å². The third kappa shape index (κ3) is 3.95. The second-order valence-electron chi connectivity index (χ2n) is 4.77. The lowest BCUT2D eigenvalue weighted by Gasteiger charge is -2.31. The Labute approximate surface area is 117 Å². The van der Waals surface area contributed by atoms with Gasteiger partial charge in [-0.05, 0) is 31.3 Å². The van der Waals surface area contributed by atoms with E-state index in [4.69, 9.17) is 4.74 Å². The van der Waals surface area contributed by atoms with Crippen LogP contribution in [-0.4, -0.2) is 59.8 Å². The standard InChI is InChI=1S/C12H20N4O2S/c1-9-11(19-15-14-9)12(17)13-10-3-5-16(6-4-10)7-8-18-2/h10H,3-8H2,1-2H3,(H,13,17). The first-order valence-corrected chi connectivity index (χ1v) is 7.29. The lowest BCUT2D eigenvalue weighted by molar-refractivity contribution is 0.0896. The van der Waals surface area contributed by atoms with E-state index in [2.05, 4.69) is 19.8 Å². The summed E-state index contributed by atoms with van der Waals surface area (Å²) >= 11 is 1.16. The minimum atomic E-state index is -0.0390. The van der Waals surface area contributed by atoms with Crippen molar-refractivity contribution in [2.24, 2.45) is 0 Å². The molecular weight excluding hydrogens is 264 g/mol. The number of aromatic nitrogens is 2. The summed E-state index contributed by atoms with van der Waals surface area (Å²) in [5.74, 6) is -0.0390. The fourth-order valence-electron chi connectivity index (χ4n) is 2.21. The molecule has 1 aromatic rings. The number of nitrogens with one attached hydrogen (secondary N) is 1.